The number of nitrogens with one attached hydrogen (secondary N) is 1. The fraction of sp³-hybridized carbons (Fsp3) is 0.786. The molecule has 1 saturated heterocycles. The first-order valence-corrected chi connectivity index (χ1v) is 7.80. The summed E-state index contributed by atoms with van der Waals surface area (Å²) < 4.78 is 0. The SMILES string of the molecule is CCC1(C)CN(CC(C)c2nccs2)C(C)CN1. The van der Waals surface area contributed by atoms with Crippen molar-refractivity contribution in [3.05, 3.63) is 16.6 Å². The lowest BCUT2D eigenvalue weighted by atomic mass is 9.93. The number of rotatable bonds is 4. The summed E-state index contributed by atoms with van der Waals surface area (Å²) in [6.45, 7) is 12.6. The zero-order valence-electron chi connectivity index (χ0n) is 11.9. The highest BCUT2D eigenvalue weighted by Crippen LogP contribution is 2.24. The quantitative estimate of drug-likeness (QED) is 0.909. The van der Waals surface area contributed by atoms with E-state index in [-0.39, 0.29) is 5.54 Å². The third-order valence-corrected chi connectivity index (χ3v) is 5.17. The third-order valence-electron chi connectivity index (χ3n) is 4.16. The summed E-state index contributed by atoms with van der Waals surface area (Å²) in [5.41, 5.74) is 0.273. The lowest BCUT2D eigenvalue weighted by Gasteiger charge is -2.45. The number of piperazine rings is 1. The van der Waals surface area contributed by atoms with E-state index in [1.807, 2.05) is 6.20 Å². The molecule has 0 spiro atoms. The molecule has 0 amide bonds. The van der Waals surface area contributed by atoms with Crippen LogP contribution in [0.1, 0.15) is 45.0 Å². The van der Waals surface area contributed by atoms with Gasteiger partial charge in [-0.15, -0.1) is 11.3 Å². The van der Waals surface area contributed by atoms with E-state index in [2.05, 4.69) is 48.3 Å². The Balaban J connectivity index is 1.98. The van der Waals surface area contributed by atoms with Gasteiger partial charge in [0.25, 0.3) is 0 Å². The molecule has 0 saturated carbocycles. The number of hydrogen-bond donors (Lipinski definition) is 1. The average Bonchev–Trinajstić information content (AvgIpc) is 2.88. The van der Waals surface area contributed by atoms with Crippen LogP contribution in [0, 0.1) is 0 Å². The number of aromatic nitrogens is 1. The Labute approximate surface area is 115 Å². The maximum absolute atomic E-state index is 4.44. The standard InChI is InChI=1S/C14H25N3S/c1-5-14(4)10-17(12(3)8-16-14)9-11(2)13-15-6-7-18-13/h6-7,11-12,16H,5,8-10H2,1-4H3. The van der Waals surface area contributed by atoms with Crippen LogP contribution in [0.5, 0.6) is 0 Å². The molecular weight excluding hydrogens is 242 g/mol. The zero-order chi connectivity index (χ0) is 13.2. The fourth-order valence-corrected chi connectivity index (χ4v) is 3.26. The van der Waals surface area contributed by atoms with Gasteiger partial charge in [0.05, 0.1) is 5.01 Å². The first-order valence-electron chi connectivity index (χ1n) is 6.92. The molecule has 1 aliphatic heterocycles. The highest BCUT2D eigenvalue weighted by atomic mass is 32.1. The minimum absolute atomic E-state index is 0.273. The third kappa shape index (κ3) is 3.11. The summed E-state index contributed by atoms with van der Waals surface area (Å²) in [5, 5.41) is 7.01. The largest absolute Gasteiger partial charge is 0.309 e. The summed E-state index contributed by atoms with van der Waals surface area (Å²) in [7, 11) is 0. The Morgan fingerprint density at radius 3 is 3.06 bits per heavy atom. The summed E-state index contributed by atoms with van der Waals surface area (Å²) >= 11 is 1.77. The Morgan fingerprint density at radius 2 is 2.44 bits per heavy atom. The Bertz CT molecular complexity index is 365. The van der Waals surface area contributed by atoms with Crippen molar-refractivity contribution < 1.29 is 0 Å². The lowest BCUT2D eigenvalue weighted by molar-refractivity contribution is 0.0885. The Kier molecular flexibility index (Phi) is 4.41. The van der Waals surface area contributed by atoms with Gasteiger partial charge in [0.15, 0.2) is 0 Å². The smallest absolute Gasteiger partial charge is 0.0965 e. The van der Waals surface area contributed by atoms with Gasteiger partial charge in [-0.05, 0) is 20.3 Å². The first-order chi connectivity index (χ1) is 8.54. The van der Waals surface area contributed by atoms with Crippen LogP contribution in [0.2, 0.25) is 0 Å². The van der Waals surface area contributed by atoms with Crippen LogP contribution in [-0.2, 0) is 0 Å². The zero-order valence-corrected chi connectivity index (χ0v) is 12.8. The van der Waals surface area contributed by atoms with Crippen molar-refractivity contribution in [2.45, 2.75) is 51.6 Å². The van der Waals surface area contributed by atoms with Crippen molar-refractivity contribution in [1.82, 2.24) is 15.2 Å². The molecule has 3 nitrogen and oxygen atoms in total. The molecule has 2 rings (SSSR count). The molecule has 4 heteroatoms. The van der Waals surface area contributed by atoms with Gasteiger partial charge >= 0.3 is 0 Å². The van der Waals surface area contributed by atoms with Gasteiger partial charge in [-0.25, -0.2) is 4.98 Å². The second kappa shape index (κ2) is 5.68. The van der Waals surface area contributed by atoms with E-state index < -0.39 is 0 Å². The summed E-state index contributed by atoms with van der Waals surface area (Å²) in [5.74, 6) is 0.534. The molecule has 3 unspecified atom stereocenters. The van der Waals surface area contributed by atoms with Crippen LogP contribution < -0.4 is 5.32 Å². The molecule has 1 aliphatic rings. The maximum atomic E-state index is 4.44. The number of nitrogens with zero attached hydrogens (tertiary/aromatic N) is 2. The van der Waals surface area contributed by atoms with Crippen molar-refractivity contribution in [1.29, 1.82) is 0 Å². The van der Waals surface area contributed by atoms with Crippen molar-refractivity contribution in [3.8, 4) is 0 Å². The van der Waals surface area contributed by atoms with Gasteiger partial charge in [-0.2, -0.15) is 0 Å². The molecule has 1 fully saturated rings. The maximum Gasteiger partial charge on any atom is 0.0965 e. The molecule has 0 aromatic carbocycles. The first kappa shape index (κ1) is 14.0. The highest BCUT2D eigenvalue weighted by molar-refractivity contribution is 7.09. The molecule has 0 radical (unpaired) electrons. The normalized spacial score (nSPS) is 31.4. The molecule has 102 valence electrons. The van der Waals surface area contributed by atoms with Crippen LogP contribution in [0.25, 0.3) is 0 Å². The predicted molar refractivity (Wildman–Crippen MR) is 78.3 cm³/mol. The second-order valence-electron chi connectivity index (χ2n) is 5.84. The van der Waals surface area contributed by atoms with Gasteiger partial charge in [0.1, 0.15) is 0 Å². The monoisotopic (exact) mass is 267 g/mol. The van der Waals surface area contributed by atoms with Gasteiger partial charge in [0, 0.05) is 48.7 Å². The van der Waals surface area contributed by atoms with Gasteiger partial charge < -0.3 is 5.32 Å². The van der Waals surface area contributed by atoms with Crippen LogP contribution >= 0.6 is 11.3 Å². The van der Waals surface area contributed by atoms with Crippen LogP contribution in [-0.4, -0.2) is 41.1 Å². The Morgan fingerprint density at radius 1 is 1.67 bits per heavy atom. The number of hydrogen-bond acceptors (Lipinski definition) is 4. The highest BCUT2D eigenvalue weighted by Gasteiger charge is 2.33. The van der Waals surface area contributed by atoms with Gasteiger partial charge in [0.2, 0.25) is 0 Å². The topological polar surface area (TPSA) is 28.2 Å². The van der Waals surface area contributed by atoms with Crippen LogP contribution in [0.4, 0.5) is 0 Å². The molecule has 1 N–H and O–H groups in total. The number of thiazole rings is 1. The van der Waals surface area contributed by atoms with Crippen molar-refractivity contribution in [2.24, 2.45) is 0 Å². The molecular formula is C14H25N3S. The van der Waals surface area contributed by atoms with E-state index in [0.717, 1.165) is 19.6 Å². The minimum Gasteiger partial charge on any atom is -0.309 e. The summed E-state index contributed by atoms with van der Waals surface area (Å²) in [6, 6.07) is 0.618. The fourth-order valence-electron chi connectivity index (χ4n) is 2.57. The predicted octanol–water partition coefficient (Wildman–Crippen LogP) is 2.71. The molecule has 0 bridgehead atoms. The summed E-state index contributed by atoms with van der Waals surface area (Å²) in [6.07, 6.45) is 3.09. The van der Waals surface area contributed by atoms with Gasteiger partial charge in [-0.1, -0.05) is 13.8 Å². The van der Waals surface area contributed by atoms with Gasteiger partial charge in [-0.3, -0.25) is 4.90 Å². The van der Waals surface area contributed by atoms with E-state index in [9.17, 15) is 0 Å². The minimum atomic E-state index is 0.273. The molecule has 1 aromatic rings. The molecule has 3 atom stereocenters. The van der Waals surface area contributed by atoms with Crippen molar-refractivity contribution in [2.75, 3.05) is 19.6 Å². The molecule has 18 heavy (non-hydrogen) atoms. The van der Waals surface area contributed by atoms with E-state index in [4.69, 9.17) is 0 Å². The average molecular weight is 267 g/mol. The van der Waals surface area contributed by atoms with Crippen molar-refractivity contribution >= 4 is 11.3 Å². The van der Waals surface area contributed by atoms with Crippen LogP contribution in [0.3, 0.4) is 0 Å². The second-order valence-corrected chi connectivity index (χ2v) is 6.77. The molecule has 1 aromatic heterocycles. The van der Waals surface area contributed by atoms with Crippen LogP contribution in [0.15, 0.2) is 11.6 Å². The van der Waals surface area contributed by atoms with E-state index in [0.29, 0.717) is 12.0 Å². The Hall–Kier alpha value is -0.450. The van der Waals surface area contributed by atoms with E-state index in [1.54, 1.807) is 11.3 Å². The lowest BCUT2D eigenvalue weighted by Crippen LogP contribution is -2.62. The van der Waals surface area contributed by atoms with E-state index in [1.165, 1.54) is 11.4 Å². The molecule has 2 heterocycles. The summed E-state index contributed by atoms with van der Waals surface area (Å²) in [4.78, 5) is 7.06. The molecule has 0 aliphatic carbocycles. The van der Waals surface area contributed by atoms with Crippen molar-refractivity contribution in [3.63, 3.8) is 0 Å². The van der Waals surface area contributed by atoms with E-state index >= 15 is 0 Å².